The molecule has 3 aromatic rings. The lowest BCUT2D eigenvalue weighted by Gasteiger charge is -2.26. The number of hydrogen-bond donors (Lipinski definition) is 2. The van der Waals surface area contributed by atoms with Crippen LogP contribution in [0.2, 0.25) is 10.0 Å². The molecule has 1 aliphatic heterocycles. The first-order chi connectivity index (χ1) is 15.0. The fourth-order valence-corrected chi connectivity index (χ4v) is 3.65. The van der Waals surface area contributed by atoms with E-state index >= 15 is 0 Å². The summed E-state index contributed by atoms with van der Waals surface area (Å²) in [5.41, 5.74) is 1.16. The predicted molar refractivity (Wildman–Crippen MR) is 120 cm³/mol. The molecule has 0 saturated heterocycles. The molecule has 158 valence electrons. The van der Waals surface area contributed by atoms with Crippen molar-refractivity contribution in [2.24, 2.45) is 0 Å². The van der Waals surface area contributed by atoms with Crippen molar-refractivity contribution >= 4 is 40.7 Å². The highest BCUT2D eigenvalue weighted by atomic mass is 35.5. The summed E-state index contributed by atoms with van der Waals surface area (Å²) in [6, 6.07) is 18.8. The average Bonchev–Trinajstić information content (AvgIpc) is 2.77. The number of carbonyl (C=O) groups excluding carboxylic acids is 2. The van der Waals surface area contributed by atoms with Gasteiger partial charge in [-0.2, -0.15) is 0 Å². The standard InChI is InChI=1S/C23H18Cl2N2O4/c24-17-4-3-5-18(25)21(17)23(29)27-15-10-8-14(9-11-15)22(28)26-12-16-13-30-19-6-1-2-7-20(19)31-16/h1-11,16H,12-13H2,(H,26,28)(H,27,29). The van der Waals surface area contributed by atoms with Crippen molar-refractivity contribution in [2.45, 2.75) is 6.10 Å². The van der Waals surface area contributed by atoms with Gasteiger partial charge in [-0.05, 0) is 48.5 Å². The lowest BCUT2D eigenvalue weighted by molar-refractivity contribution is 0.0789. The third kappa shape index (κ3) is 4.93. The molecule has 6 nitrogen and oxygen atoms in total. The van der Waals surface area contributed by atoms with E-state index in [0.717, 1.165) is 0 Å². The first-order valence-electron chi connectivity index (χ1n) is 9.53. The third-order valence-corrected chi connectivity index (χ3v) is 5.28. The van der Waals surface area contributed by atoms with Gasteiger partial charge in [-0.3, -0.25) is 9.59 Å². The number of nitrogens with one attached hydrogen (secondary N) is 2. The van der Waals surface area contributed by atoms with E-state index in [9.17, 15) is 9.59 Å². The van der Waals surface area contributed by atoms with Gasteiger partial charge >= 0.3 is 0 Å². The summed E-state index contributed by atoms with van der Waals surface area (Å²) < 4.78 is 11.5. The van der Waals surface area contributed by atoms with Crippen molar-refractivity contribution in [3.63, 3.8) is 0 Å². The summed E-state index contributed by atoms with van der Waals surface area (Å²) in [5.74, 6) is 0.671. The molecule has 0 radical (unpaired) electrons. The molecule has 3 aromatic carbocycles. The van der Waals surface area contributed by atoms with E-state index in [1.807, 2.05) is 24.3 Å². The van der Waals surface area contributed by atoms with E-state index in [0.29, 0.717) is 35.9 Å². The molecule has 1 unspecified atom stereocenters. The van der Waals surface area contributed by atoms with Gasteiger partial charge in [0.25, 0.3) is 11.8 Å². The molecule has 8 heteroatoms. The molecular weight excluding hydrogens is 439 g/mol. The fraction of sp³-hybridized carbons (Fsp3) is 0.130. The summed E-state index contributed by atoms with van der Waals surface area (Å²) in [7, 11) is 0. The predicted octanol–water partition coefficient (Wildman–Crippen LogP) is 4.82. The third-order valence-electron chi connectivity index (χ3n) is 4.65. The summed E-state index contributed by atoms with van der Waals surface area (Å²) >= 11 is 12.1. The van der Waals surface area contributed by atoms with Gasteiger partial charge in [-0.1, -0.05) is 41.4 Å². The minimum Gasteiger partial charge on any atom is -0.486 e. The molecule has 1 atom stereocenters. The molecule has 0 bridgehead atoms. The Morgan fingerprint density at radius 2 is 1.55 bits per heavy atom. The van der Waals surface area contributed by atoms with Gasteiger partial charge in [0.2, 0.25) is 0 Å². The number of fused-ring (bicyclic) bond motifs is 1. The Morgan fingerprint density at radius 1 is 0.871 bits per heavy atom. The number of benzene rings is 3. The second-order valence-corrected chi connectivity index (χ2v) is 7.65. The highest BCUT2D eigenvalue weighted by Gasteiger charge is 2.21. The molecule has 0 aromatic heterocycles. The summed E-state index contributed by atoms with van der Waals surface area (Å²) in [5, 5.41) is 6.08. The molecule has 1 heterocycles. The van der Waals surface area contributed by atoms with Gasteiger partial charge in [0.1, 0.15) is 12.7 Å². The normalized spacial score (nSPS) is 14.6. The molecule has 4 rings (SSSR count). The van der Waals surface area contributed by atoms with E-state index in [1.54, 1.807) is 42.5 Å². The first kappa shape index (κ1) is 21.0. The molecular formula is C23H18Cl2N2O4. The molecule has 1 aliphatic rings. The van der Waals surface area contributed by atoms with Gasteiger partial charge in [0, 0.05) is 11.3 Å². The molecule has 31 heavy (non-hydrogen) atoms. The zero-order chi connectivity index (χ0) is 21.8. The Balaban J connectivity index is 1.33. The van der Waals surface area contributed by atoms with Gasteiger partial charge in [0.05, 0.1) is 22.2 Å². The van der Waals surface area contributed by atoms with E-state index in [4.69, 9.17) is 32.7 Å². The van der Waals surface area contributed by atoms with Crippen LogP contribution in [0.5, 0.6) is 11.5 Å². The number of rotatable bonds is 5. The minimum absolute atomic E-state index is 0.198. The topological polar surface area (TPSA) is 76.7 Å². The smallest absolute Gasteiger partial charge is 0.258 e. The zero-order valence-electron chi connectivity index (χ0n) is 16.2. The van der Waals surface area contributed by atoms with Crippen LogP contribution >= 0.6 is 23.2 Å². The van der Waals surface area contributed by atoms with Crippen LogP contribution in [0.1, 0.15) is 20.7 Å². The van der Waals surface area contributed by atoms with Gasteiger partial charge in [0.15, 0.2) is 11.5 Å². The number of amides is 2. The van der Waals surface area contributed by atoms with Crippen LogP contribution < -0.4 is 20.1 Å². The number of ether oxygens (including phenoxy) is 2. The van der Waals surface area contributed by atoms with Crippen LogP contribution in [0.3, 0.4) is 0 Å². The largest absolute Gasteiger partial charge is 0.486 e. The van der Waals surface area contributed by atoms with Crippen molar-refractivity contribution < 1.29 is 19.1 Å². The molecule has 0 aliphatic carbocycles. The molecule has 2 N–H and O–H groups in total. The van der Waals surface area contributed by atoms with Crippen LogP contribution in [0.25, 0.3) is 0 Å². The highest BCUT2D eigenvalue weighted by molar-refractivity contribution is 6.40. The fourth-order valence-electron chi connectivity index (χ4n) is 3.09. The monoisotopic (exact) mass is 456 g/mol. The zero-order valence-corrected chi connectivity index (χ0v) is 17.7. The second kappa shape index (κ2) is 9.29. The lowest BCUT2D eigenvalue weighted by atomic mass is 10.1. The molecule has 2 amide bonds. The molecule has 0 fully saturated rings. The van der Waals surface area contributed by atoms with Crippen LogP contribution in [0, 0.1) is 0 Å². The quantitative estimate of drug-likeness (QED) is 0.577. The number of hydrogen-bond acceptors (Lipinski definition) is 4. The number of carbonyl (C=O) groups is 2. The first-order valence-corrected chi connectivity index (χ1v) is 10.3. The van der Waals surface area contributed by atoms with E-state index in [2.05, 4.69) is 10.6 Å². The maximum absolute atomic E-state index is 12.5. The van der Waals surface area contributed by atoms with Crippen LogP contribution in [0.4, 0.5) is 5.69 Å². The SMILES string of the molecule is O=C(NCC1COc2ccccc2O1)c1ccc(NC(=O)c2c(Cl)cccc2Cl)cc1. The summed E-state index contributed by atoms with van der Waals surface area (Å²) in [4.78, 5) is 24.9. The number of para-hydroxylation sites is 2. The summed E-state index contributed by atoms with van der Waals surface area (Å²) in [6.45, 7) is 0.656. The maximum Gasteiger partial charge on any atom is 0.258 e. The number of anilines is 1. The minimum atomic E-state index is -0.428. The van der Waals surface area contributed by atoms with Crippen LogP contribution in [-0.2, 0) is 0 Å². The molecule has 0 spiro atoms. The van der Waals surface area contributed by atoms with Gasteiger partial charge in [-0.25, -0.2) is 0 Å². The van der Waals surface area contributed by atoms with Crippen molar-refractivity contribution in [2.75, 3.05) is 18.5 Å². The average molecular weight is 457 g/mol. The number of halogens is 2. The van der Waals surface area contributed by atoms with Crippen LogP contribution in [0.15, 0.2) is 66.7 Å². The summed E-state index contributed by atoms with van der Waals surface area (Å²) in [6.07, 6.45) is -0.280. The Labute approximate surface area is 189 Å². The van der Waals surface area contributed by atoms with Gasteiger partial charge in [-0.15, -0.1) is 0 Å². The Hall–Kier alpha value is -3.22. The Kier molecular flexibility index (Phi) is 6.30. The maximum atomic E-state index is 12.5. The Bertz CT molecular complexity index is 1100. The Morgan fingerprint density at radius 3 is 2.26 bits per heavy atom. The van der Waals surface area contributed by atoms with E-state index < -0.39 is 5.91 Å². The van der Waals surface area contributed by atoms with Crippen molar-refractivity contribution in [1.82, 2.24) is 5.32 Å². The van der Waals surface area contributed by atoms with E-state index in [-0.39, 0.29) is 27.6 Å². The van der Waals surface area contributed by atoms with Crippen LogP contribution in [-0.4, -0.2) is 31.1 Å². The second-order valence-electron chi connectivity index (χ2n) is 6.84. The van der Waals surface area contributed by atoms with Gasteiger partial charge < -0.3 is 20.1 Å². The van der Waals surface area contributed by atoms with E-state index in [1.165, 1.54) is 0 Å². The van der Waals surface area contributed by atoms with Crippen molar-refractivity contribution in [1.29, 1.82) is 0 Å². The lowest BCUT2D eigenvalue weighted by Crippen LogP contribution is -2.40. The van der Waals surface area contributed by atoms with Crippen molar-refractivity contribution in [3.8, 4) is 11.5 Å². The highest BCUT2D eigenvalue weighted by Crippen LogP contribution is 2.30. The van der Waals surface area contributed by atoms with Crippen molar-refractivity contribution in [3.05, 3.63) is 87.9 Å². The molecule has 0 saturated carbocycles.